The van der Waals surface area contributed by atoms with Crippen LogP contribution in [0.25, 0.3) is 0 Å². The Balaban J connectivity index is 2.19. The molecule has 138 valence electrons. The molecule has 1 N–H and O–H groups in total. The van der Waals surface area contributed by atoms with Crippen LogP contribution in [0.1, 0.15) is 32.4 Å². The lowest BCUT2D eigenvalue weighted by Gasteiger charge is -2.29. The summed E-state index contributed by atoms with van der Waals surface area (Å²) in [4.78, 5) is 17.2. The Hall–Kier alpha value is -2.48. The Bertz CT molecular complexity index is 847. The molecule has 0 saturated carbocycles. The lowest BCUT2D eigenvalue weighted by Crippen LogP contribution is -2.30. The first-order valence-corrected chi connectivity index (χ1v) is 9.70. The number of hydrogen-bond donors (Lipinski definition) is 1. The van der Waals surface area contributed by atoms with E-state index < -0.39 is 6.04 Å². The molecule has 1 aromatic heterocycles. The second kappa shape index (κ2) is 7.82. The van der Waals surface area contributed by atoms with Crippen molar-refractivity contribution < 1.29 is 14.3 Å². The minimum absolute atomic E-state index is 0.301. The zero-order chi connectivity index (χ0) is 18.7. The van der Waals surface area contributed by atoms with Crippen LogP contribution in [-0.4, -0.2) is 40.2 Å². The van der Waals surface area contributed by atoms with Crippen LogP contribution >= 0.6 is 11.8 Å². The van der Waals surface area contributed by atoms with E-state index in [1.807, 2.05) is 44.4 Å². The molecule has 0 bridgehead atoms. The highest BCUT2D eigenvalue weighted by atomic mass is 32.2. The molecule has 0 fully saturated rings. The number of nitrogens with one attached hydrogen (secondary N) is 1. The molecule has 0 amide bonds. The van der Waals surface area contributed by atoms with Gasteiger partial charge in [0.1, 0.15) is 11.8 Å². The molecular formula is C18H22N4O3S. The molecule has 1 atom stereocenters. The molecule has 0 saturated heterocycles. The average molecular weight is 374 g/mol. The normalized spacial score (nSPS) is 16.1. The molecule has 26 heavy (non-hydrogen) atoms. The van der Waals surface area contributed by atoms with Gasteiger partial charge < -0.3 is 14.8 Å². The third kappa shape index (κ3) is 3.29. The summed E-state index contributed by atoms with van der Waals surface area (Å²) in [6.07, 6.45) is 1.91. The van der Waals surface area contributed by atoms with Gasteiger partial charge in [-0.05, 0) is 33.1 Å². The summed E-state index contributed by atoms with van der Waals surface area (Å²) in [5.74, 6) is 0.931. The summed E-state index contributed by atoms with van der Waals surface area (Å²) >= 11 is 1.45. The number of benzene rings is 1. The van der Waals surface area contributed by atoms with E-state index in [1.54, 1.807) is 11.6 Å². The van der Waals surface area contributed by atoms with Crippen molar-refractivity contribution in [2.24, 2.45) is 0 Å². The summed E-state index contributed by atoms with van der Waals surface area (Å²) < 4.78 is 12.8. The first-order chi connectivity index (χ1) is 12.6. The van der Waals surface area contributed by atoms with Crippen molar-refractivity contribution in [3.8, 4) is 5.75 Å². The van der Waals surface area contributed by atoms with Gasteiger partial charge in [0.25, 0.3) is 0 Å². The van der Waals surface area contributed by atoms with Gasteiger partial charge >= 0.3 is 5.97 Å². The minimum atomic E-state index is -0.471. The van der Waals surface area contributed by atoms with Gasteiger partial charge in [-0.2, -0.15) is 4.98 Å². The van der Waals surface area contributed by atoms with Crippen LogP contribution in [0.15, 0.2) is 40.7 Å². The van der Waals surface area contributed by atoms with Gasteiger partial charge in [-0.15, -0.1) is 5.10 Å². The fourth-order valence-corrected chi connectivity index (χ4v) is 3.32. The van der Waals surface area contributed by atoms with Gasteiger partial charge in [-0.25, -0.2) is 9.48 Å². The predicted molar refractivity (Wildman–Crippen MR) is 101 cm³/mol. The average Bonchev–Trinajstić information content (AvgIpc) is 3.04. The lowest BCUT2D eigenvalue weighted by molar-refractivity contribution is -0.139. The Kier molecular flexibility index (Phi) is 5.51. The third-order valence-electron chi connectivity index (χ3n) is 4.02. The largest absolute Gasteiger partial charge is 0.494 e. The number of fused-ring (bicyclic) bond motifs is 1. The predicted octanol–water partition coefficient (Wildman–Crippen LogP) is 3.25. The molecule has 8 heteroatoms. The van der Waals surface area contributed by atoms with E-state index in [0.29, 0.717) is 41.3 Å². The molecule has 0 aliphatic carbocycles. The van der Waals surface area contributed by atoms with Crippen molar-refractivity contribution >= 4 is 23.7 Å². The number of anilines is 1. The van der Waals surface area contributed by atoms with Crippen LogP contribution in [0.3, 0.4) is 0 Å². The second-order valence-electron chi connectivity index (χ2n) is 5.62. The van der Waals surface area contributed by atoms with Gasteiger partial charge in [-0.3, -0.25) is 0 Å². The highest BCUT2D eigenvalue weighted by Gasteiger charge is 2.36. The zero-order valence-corrected chi connectivity index (χ0v) is 16.1. The summed E-state index contributed by atoms with van der Waals surface area (Å²) in [5, 5.41) is 8.36. The highest BCUT2D eigenvalue weighted by molar-refractivity contribution is 7.98. The number of aromatic nitrogens is 3. The monoisotopic (exact) mass is 374 g/mol. The SMILES string of the molecule is CCOC(=O)C1=C(C)Nc2nc(SC)nn2[C@@H]1c1ccccc1OCC. The van der Waals surface area contributed by atoms with Crippen molar-refractivity contribution in [2.75, 3.05) is 24.8 Å². The second-order valence-corrected chi connectivity index (χ2v) is 6.40. The van der Waals surface area contributed by atoms with Crippen molar-refractivity contribution in [3.63, 3.8) is 0 Å². The fourth-order valence-electron chi connectivity index (χ4n) is 2.97. The molecular weight excluding hydrogens is 352 g/mol. The summed E-state index contributed by atoms with van der Waals surface area (Å²) in [5.41, 5.74) is 2.05. The van der Waals surface area contributed by atoms with E-state index in [9.17, 15) is 4.79 Å². The summed E-state index contributed by atoms with van der Waals surface area (Å²) in [6, 6.07) is 7.19. The van der Waals surface area contributed by atoms with Crippen LogP contribution < -0.4 is 10.1 Å². The lowest BCUT2D eigenvalue weighted by atomic mass is 9.95. The first-order valence-electron chi connectivity index (χ1n) is 8.47. The molecule has 7 nitrogen and oxygen atoms in total. The number of thioether (sulfide) groups is 1. The number of nitrogens with zero attached hydrogens (tertiary/aromatic N) is 3. The number of carbonyl (C=O) groups is 1. The number of carbonyl (C=O) groups excluding carboxylic acids is 1. The van der Waals surface area contributed by atoms with E-state index >= 15 is 0 Å². The number of rotatable bonds is 6. The van der Waals surface area contributed by atoms with Crippen LogP contribution in [0.5, 0.6) is 5.75 Å². The summed E-state index contributed by atoms with van der Waals surface area (Å²) in [6.45, 7) is 6.40. The van der Waals surface area contributed by atoms with Gasteiger partial charge in [-0.1, -0.05) is 30.0 Å². The third-order valence-corrected chi connectivity index (χ3v) is 4.56. The van der Waals surface area contributed by atoms with Crippen molar-refractivity contribution in [2.45, 2.75) is 32.0 Å². The molecule has 2 aromatic rings. The van der Waals surface area contributed by atoms with Gasteiger partial charge in [0.15, 0.2) is 0 Å². The van der Waals surface area contributed by atoms with Crippen LogP contribution in [0.4, 0.5) is 5.95 Å². The van der Waals surface area contributed by atoms with E-state index in [0.717, 1.165) is 5.56 Å². The first kappa shape index (κ1) is 18.3. The fraction of sp³-hybridized carbons (Fsp3) is 0.389. The molecule has 1 aliphatic heterocycles. The molecule has 0 radical (unpaired) electrons. The number of hydrogen-bond acceptors (Lipinski definition) is 7. The molecule has 2 heterocycles. The Morgan fingerprint density at radius 1 is 1.31 bits per heavy atom. The van der Waals surface area contributed by atoms with Crippen LogP contribution in [0.2, 0.25) is 0 Å². The molecule has 0 spiro atoms. The van der Waals surface area contributed by atoms with Gasteiger partial charge in [0.2, 0.25) is 11.1 Å². The van der Waals surface area contributed by atoms with E-state index in [2.05, 4.69) is 15.4 Å². The molecule has 3 rings (SSSR count). The zero-order valence-electron chi connectivity index (χ0n) is 15.3. The molecule has 1 aromatic carbocycles. The maximum absolute atomic E-state index is 12.7. The van der Waals surface area contributed by atoms with E-state index in [1.165, 1.54) is 11.8 Å². The number of allylic oxidation sites excluding steroid dienone is 1. The number of esters is 1. The highest BCUT2D eigenvalue weighted by Crippen LogP contribution is 2.39. The van der Waals surface area contributed by atoms with E-state index in [4.69, 9.17) is 9.47 Å². The maximum Gasteiger partial charge on any atom is 0.338 e. The topological polar surface area (TPSA) is 78.3 Å². The van der Waals surface area contributed by atoms with Gasteiger partial charge in [0, 0.05) is 11.3 Å². The van der Waals surface area contributed by atoms with Gasteiger partial charge in [0.05, 0.1) is 18.8 Å². The number of para-hydroxylation sites is 1. The molecule has 1 aliphatic rings. The Morgan fingerprint density at radius 3 is 2.77 bits per heavy atom. The Morgan fingerprint density at radius 2 is 2.08 bits per heavy atom. The minimum Gasteiger partial charge on any atom is -0.494 e. The van der Waals surface area contributed by atoms with E-state index in [-0.39, 0.29) is 5.97 Å². The van der Waals surface area contributed by atoms with Crippen LogP contribution in [0, 0.1) is 0 Å². The summed E-state index contributed by atoms with van der Waals surface area (Å²) in [7, 11) is 0. The number of ether oxygens (including phenoxy) is 2. The Labute approximate surface area is 156 Å². The van der Waals surface area contributed by atoms with Crippen molar-refractivity contribution in [3.05, 3.63) is 41.1 Å². The maximum atomic E-state index is 12.7. The quantitative estimate of drug-likeness (QED) is 0.614. The van der Waals surface area contributed by atoms with Crippen molar-refractivity contribution in [1.82, 2.24) is 14.8 Å². The molecule has 0 unspecified atom stereocenters. The smallest absolute Gasteiger partial charge is 0.338 e. The van der Waals surface area contributed by atoms with Crippen molar-refractivity contribution in [1.29, 1.82) is 0 Å². The standard InChI is InChI=1S/C18H22N4O3S/c1-5-24-13-10-8-7-9-12(13)15-14(16(23)25-6-2)11(3)19-17-20-18(26-4)21-22(15)17/h7-10,15H,5-6H2,1-4H3,(H,19,20,21)/t15-/m1/s1. The van der Waals surface area contributed by atoms with Crippen LogP contribution in [-0.2, 0) is 9.53 Å².